The third kappa shape index (κ3) is 3.27. The van der Waals surface area contributed by atoms with E-state index < -0.39 is 35.3 Å². The molecule has 1 N–H and O–H groups in total. The number of aliphatic hydroxyl groups excluding tert-OH is 1. The Kier molecular flexibility index (Phi) is 4.14. The maximum absolute atomic E-state index is 13.7. The third-order valence-corrected chi connectivity index (χ3v) is 4.65. The lowest BCUT2D eigenvalue weighted by Crippen LogP contribution is -2.11. The molecular weight excluding hydrogens is 283 g/mol. The van der Waals surface area contributed by atoms with E-state index in [0.29, 0.717) is 0 Å². The summed E-state index contributed by atoms with van der Waals surface area (Å²) in [6.07, 6.45) is 1.59. The molecule has 1 aromatic carbocycles. The lowest BCUT2D eigenvalue weighted by Gasteiger charge is -2.10. The Hall–Kier alpha value is -0.990. The second kappa shape index (κ2) is 4.94. The topological polar surface area (TPSA) is 88.5 Å². The van der Waals surface area contributed by atoms with Crippen LogP contribution in [0.25, 0.3) is 0 Å². The number of hydrogen-bond acceptors (Lipinski definition) is 5. The van der Waals surface area contributed by atoms with Gasteiger partial charge in [-0.3, -0.25) is 0 Å². The Balaban J connectivity index is 3.73. The minimum Gasteiger partial charge on any atom is -0.396 e. The first-order valence-corrected chi connectivity index (χ1v) is 8.69. The summed E-state index contributed by atoms with van der Waals surface area (Å²) in [6.45, 7) is -0.291. The van der Waals surface area contributed by atoms with Crippen molar-refractivity contribution < 1.29 is 26.3 Å². The molecule has 0 aliphatic rings. The summed E-state index contributed by atoms with van der Waals surface area (Å²) in [4.78, 5) is -1.40. The first kappa shape index (κ1) is 15.1. The maximum Gasteiger partial charge on any atom is 0.179 e. The summed E-state index contributed by atoms with van der Waals surface area (Å²) in [5.41, 5.74) is 0.225. The molecule has 18 heavy (non-hydrogen) atoms. The van der Waals surface area contributed by atoms with Gasteiger partial charge in [0.15, 0.2) is 19.7 Å². The molecule has 0 amide bonds. The number of sulfone groups is 2. The minimum atomic E-state index is -4.00. The van der Waals surface area contributed by atoms with Gasteiger partial charge in [-0.15, -0.1) is 0 Å². The summed E-state index contributed by atoms with van der Waals surface area (Å²) < 4.78 is 59.6. The second-order valence-electron chi connectivity index (χ2n) is 3.92. The molecule has 0 spiro atoms. The number of hydrogen-bond donors (Lipinski definition) is 1. The Morgan fingerprint density at radius 3 is 2.06 bits per heavy atom. The minimum absolute atomic E-state index is 0.0451. The largest absolute Gasteiger partial charge is 0.396 e. The SMILES string of the molecule is CS(=O)(=O)c1cc(CCO)cc(F)c1S(C)(=O)=O. The van der Waals surface area contributed by atoms with Crippen LogP contribution >= 0.6 is 0 Å². The molecule has 102 valence electrons. The molecule has 0 aliphatic carbocycles. The fraction of sp³-hybridized carbons (Fsp3) is 0.400. The van der Waals surface area contributed by atoms with Crippen molar-refractivity contribution in [1.82, 2.24) is 0 Å². The number of rotatable bonds is 4. The average molecular weight is 296 g/mol. The van der Waals surface area contributed by atoms with E-state index in [4.69, 9.17) is 5.11 Å². The van der Waals surface area contributed by atoms with Gasteiger partial charge in [-0.2, -0.15) is 0 Å². The van der Waals surface area contributed by atoms with Crippen molar-refractivity contribution in [2.75, 3.05) is 19.1 Å². The molecule has 5 nitrogen and oxygen atoms in total. The van der Waals surface area contributed by atoms with Gasteiger partial charge in [-0.25, -0.2) is 21.2 Å². The molecule has 0 heterocycles. The van der Waals surface area contributed by atoms with Crippen LogP contribution in [0.1, 0.15) is 5.56 Å². The fourth-order valence-corrected chi connectivity index (χ4v) is 4.08. The first-order chi connectivity index (χ1) is 8.07. The first-order valence-electron chi connectivity index (χ1n) is 4.90. The van der Waals surface area contributed by atoms with Crippen molar-refractivity contribution in [3.8, 4) is 0 Å². The van der Waals surface area contributed by atoms with Crippen LogP contribution in [-0.2, 0) is 26.1 Å². The molecule has 8 heteroatoms. The predicted octanol–water partition coefficient (Wildman–Crippen LogP) is 0.168. The van der Waals surface area contributed by atoms with Crippen LogP contribution in [0.4, 0.5) is 4.39 Å². The lowest BCUT2D eigenvalue weighted by atomic mass is 10.1. The molecule has 0 aromatic heterocycles. The number of aliphatic hydroxyl groups is 1. The lowest BCUT2D eigenvalue weighted by molar-refractivity contribution is 0.299. The van der Waals surface area contributed by atoms with Crippen molar-refractivity contribution >= 4 is 19.7 Å². The van der Waals surface area contributed by atoms with Gasteiger partial charge >= 0.3 is 0 Å². The van der Waals surface area contributed by atoms with Crippen LogP contribution in [0, 0.1) is 5.82 Å². The molecule has 1 aromatic rings. The number of halogens is 1. The van der Waals surface area contributed by atoms with E-state index in [1.165, 1.54) is 0 Å². The quantitative estimate of drug-likeness (QED) is 0.855. The van der Waals surface area contributed by atoms with Gasteiger partial charge in [-0.05, 0) is 24.1 Å². The molecule has 0 saturated heterocycles. The molecule has 1 rings (SSSR count). The van der Waals surface area contributed by atoms with Crippen molar-refractivity contribution in [3.63, 3.8) is 0 Å². The standard InChI is InChI=1S/C10H13FO5S2/c1-17(13,14)9-6-7(3-4-12)5-8(11)10(9)18(2,15)16/h5-6,12H,3-4H2,1-2H3. The van der Waals surface area contributed by atoms with E-state index in [1.807, 2.05) is 0 Å². The molecule has 0 bridgehead atoms. The zero-order valence-corrected chi connectivity index (χ0v) is 11.5. The van der Waals surface area contributed by atoms with Crippen molar-refractivity contribution in [2.24, 2.45) is 0 Å². The van der Waals surface area contributed by atoms with Gasteiger partial charge in [-0.1, -0.05) is 0 Å². The molecule has 0 fully saturated rings. The summed E-state index contributed by atoms with van der Waals surface area (Å²) in [6, 6.07) is 1.99. The van der Waals surface area contributed by atoms with Gasteiger partial charge in [0, 0.05) is 19.1 Å². The van der Waals surface area contributed by atoms with Crippen LogP contribution in [0.15, 0.2) is 21.9 Å². The fourth-order valence-electron chi connectivity index (χ4n) is 1.53. The molecule has 0 aliphatic heterocycles. The van der Waals surface area contributed by atoms with Gasteiger partial charge < -0.3 is 5.11 Å². The van der Waals surface area contributed by atoms with Gasteiger partial charge in [0.2, 0.25) is 0 Å². The van der Waals surface area contributed by atoms with Crippen LogP contribution in [0.2, 0.25) is 0 Å². The van der Waals surface area contributed by atoms with Crippen molar-refractivity contribution in [2.45, 2.75) is 16.2 Å². The van der Waals surface area contributed by atoms with Crippen LogP contribution in [0.3, 0.4) is 0 Å². The normalized spacial score (nSPS) is 12.7. The Morgan fingerprint density at radius 1 is 1.11 bits per heavy atom. The highest BCUT2D eigenvalue weighted by Gasteiger charge is 2.25. The second-order valence-corrected chi connectivity index (χ2v) is 7.86. The Labute approximate surface area is 105 Å². The van der Waals surface area contributed by atoms with Crippen LogP contribution in [-0.4, -0.2) is 41.1 Å². The van der Waals surface area contributed by atoms with Gasteiger partial charge in [0.05, 0.1) is 4.90 Å². The highest BCUT2D eigenvalue weighted by Crippen LogP contribution is 2.26. The Bertz CT molecular complexity index is 662. The Morgan fingerprint density at radius 2 is 1.67 bits per heavy atom. The molecule has 0 saturated carbocycles. The zero-order valence-electron chi connectivity index (χ0n) is 9.84. The highest BCUT2D eigenvalue weighted by atomic mass is 32.2. The van der Waals surface area contributed by atoms with E-state index in [0.717, 1.165) is 24.6 Å². The zero-order chi connectivity index (χ0) is 14.1. The third-order valence-electron chi connectivity index (χ3n) is 2.24. The summed E-state index contributed by atoms with van der Waals surface area (Å²) in [7, 11) is -7.88. The van der Waals surface area contributed by atoms with Gasteiger partial charge in [0.25, 0.3) is 0 Å². The maximum atomic E-state index is 13.7. The molecular formula is C10H13FO5S2. The summed E-state index contributed by atoms with van der Waals surface area (Å²) in [5, 5.41) is 8.74. The van der Waals surface area contributed by atoms with Crippen LogP contribution < -0.4 is 0 Å². The monoisotopic (exact) mass is 296 g/mol. The summed E-state index contributed by atoms with van der Waals surface area (Å²) >= 11 is 0. The van der Waals surface area contributed by atoms with E-state index in [2.05, 4.69) is 0 Å². The molecule has 0 unspecified atom stereocenters. The predicted molar refractivity (Wildman–Crippen MR) is 63.4 cm³/mol. The van der Waals surface area contributed by atoms with Crippen molar-refractivity contribution in [1.29, 1.82) is 0 Å². The van der Waals surface area contributed by atoms with E-state index in [1.54, 1.807) is 0 Å². The highest BCUT2D eigenvalue weighted by molar-refractivity contribution is 7.93. The van der Waals surface area contributed by atoms with E-state index >= 15 is 0 Å². The van der Waals surface area contributed by atoms with Crippen molar-refractivity contribution in [3.05, 3.63) is 23.5 Å². The molecule has 0 atom stereocenters. The summed E-state index contributed by atoms with van der Waals surface area (Å²) in [5.74, 6) is -1.12. The number of benzene rings is 1. The van der Waals surface area contributed by atoms with E-state index in [9.17, 15) is 21.2 Å². The van der Waals surface area contributed by atoms with E-state index in [-0.39, 0.29) is 18.6 Å². The van der Waals surface area contributed by atoms with Gasteiger partial charge in [0.1, 0.15) is 10.7 Å². The van der Waals surface area contributed by atoms with Crippen LogP contribution in [0.5, 0.6) is 0 Å². The smallest absolute Gasteiger partial charge is 0.179 e. The average Bonchev–Trinajstić information content (AvgIpc) is 2.13. The molecule has 0 radical (unpaired) electrons.